The molecule has 11 rings (SSSR count). The third-order valence-corrected chi connectivity index (χ3v) is 11.4. The summed E-state index contributed by atoms with van der Waals surface area (Å²) >= 11 is 1.73. The van der Waals surface area contributed by atoms with Gasteiger partial charge in [-0.05, 0) is 94.4 Å². The maximum absolute atomic E-state index is 6.09. The number of hydrogen-bond acceptors (Lipinski definition) is 4. The van der Waals surface area contributed by atoms with Gasteiger partial charge in [-0.25, -0.2) is 9.97 Å². The molecule has 3 aromatic heterocycles. The Morgan fingerprint density at radius 2 is 1.11 bits per heavy atom. The van der Waals surface area contributed by atoms with Gasteiger partial charge in [0.05, 0.1) is 21.3 Å². The van der Waals surface area contributed by atoms with Gasteiger partial charge < -0.3 is 8.98 Å². The minimum Gasteiger partial charge on any atom is -0.436 e. The van der Waals surface area contributed by atoms with Crippen molar-refractivity contribution in [2.24, 2.45) is 0 Å². The van der Waals surface area contributed by atoms with E-state index in [1.165, 1.54) is 54.0 Å². The molecule has 0 aliphatic heterocycles. The summed E-state index contributed by atoms with van der Waals surface area (Å²) in [6.45, 7) is 0. The van der Waals surface area contributed by atoms with Crippen molar-refractivity contribution in [3.05, 3.63) is 176 Å². The van der Waals surface area contributed by atoms with Crippen molar-refractivity contribution >= 4 is 65.2 Å². The first kappa shape index (κ1) is 29.9. The molecule has 0 spiro atoms. The maximum atomic E-state index is 6.09. The number of thiazole rings is 1. The molecule has 0 saturated carbocycles. The van der Waals surface area contributed by atoms with Gasteiger partial charge in [0.15, 0.2) is 5.58 Å². The van der Waals surface area contributed by atoms with Crippen LogP contribution in [-0.2, 0) is 0 Å². The van der Waals surface area contributed by atoms with Gasteiger partial charge in [-0.15, -0.1) is 11.3 Å². The Morgan fingerprint density at radius 3 is 1.92 bits per heavy atom. The summed E-state index contributed by atoms with van der Waals surface area (Å²) in [6, 6.07) is 62.4. The molecule has 5 heteroatoms. The van der Waals surface area contributed by atoms with Gasteiger partial charge in [-0.1, -0.05) is 109 Å². The molecule has 0 unspecified atom stereocenters. The van der Waals surface area contributed by atoms with E-state index in [1.807, 2.05) is 30.3 Å². The van der Waals surface area contributed by atoms with Crippen molar-refractivity contribution in [2.75, 3.05) is 0 Å². The molecule has 0 aliphatic carbocycles. The van der Waals surface area contributed by atoms with Crippen LogP contribution >= 0.6 is 11.3 Å². The van der Waals surface area contributed by atoms with E-state index in [0.29, 0.717) is 5.89 Å². The Morgan fingerprint density at radius 1 is 0.453 bits per heavy atom. The monoisotopic (exact) mass is 695 g/mol. The highest BCUT2D eigenvalue weighted by Gasteiger charge is 2.19. The Kier molecular flexibility index (Phi) is 6.69. The number of para-hydroxylation sites is 4. The summed E-state index contributed by atoms with van der Waals surface area (Å²) in [5.74, 6) is 0.629. The molecule has 0 fully saturated rings. The summed E-state index contributed by atoms with van der Waals surface area (Å²) in [6.07, 6.45) is 0. The van der Waals surface area contributed by atoms with Crippen molar-refractivity contribution in [3.8, 4) is 50.0 Å². The predicted molar refractivity (Wildman–Crippen MR) is 221 cm³/mol. The summed E-state index contributed by atoms with van der Waals surface area (Å²) in [5.41, 5.74) is 13.0. The normalized spacial score (nSPS) is 11.8. The number of benzene rings is 8. The fraction of sp³-hybridized carbons (Fsp3) is 0. The second kappa shape index (κ2) is 11.9. The highest BCUT2D eigenvalue weighted by Crippen LogP contribution is 2.43. The van der Waals surface area contributed by atoms with E-state index in [4.69, 9.17) is 14.4 Å². The van der Waals surface area contributed by atoms with Crippen LogP contribution in [0.5, 0.6) is 0 Å². The molecule has 3 heterocycles. The van der Waals surface area contributed by atoms with Crippen LogP contribution in [0.25, 0.3) is 104 Å². The van der Waals surface area contributed by atoms with E-state index in [9.17, 15) is 0 Å². The molecule has 11 aromatic rings. The van der Waals surface area contributed by atoms with Crippen molar-refractivity contribution < 1.29 is 4.42 Å². The standard InChI is InChI=1S/C48H29N3OS/c1-2-10-35(11-3-1)51-43-27-26-34(30-18-24-33(25-19-30)48-50-42-15-7-9-17-45(42)53-48)28-39(43)40-29-38(36-12-4-5-13-37(36)46(40)51)31-20-22-32(23-21-31)47-49-41-14-6-8-16-44(41)52-47/h1-29H. The maximum Gasteiger partial charge on any atom is 0.227 e. The van der Waals surface area contributed by atoms with Gasteiger partial charge in [0.2, 0.25) is 5.89 Å². The van der Waals surface area contributed by atoms with E-state index in [1.54, 1.807) is 11.3 Å². The largest absolute Gasteiger partial charge is 0.436 e. The molecule has 8 aromatic carbocycles. The Balaban J connectivity index is 1.08. The minimum absolute atomic E-state index is 0.629. The van der Waals surface area contributed by atoms with Gasteiger partial charge in [0.25, 0.3) is 0 Å². The molecule has 0 bridgehead atoms. The minimum atomic E-state index is 0.629. The van der Waals surface area contributed by atoms with Crippen molar-refractivity contribution in [2.45, 2.75) is 0 Å². The second-order valence-corrected chi connectivity index (χ2v) is 14.4. The van der Waals surface area contributed by atoms with Crippen LogP contribution in [0.4, 0.5) is 0 Å². The zero-order valence-electron chi connectivity index (χ0n) is 28.4. The number of fused-ring (bicyclic) bond motifs is 7. The Bertz CT molecular complexity index is 3090. The first-order valence-electron chi connectivity index (χ1n) is 17.7. The lowest BCUT2D eigenvalue weighted by atomic mass is 9.94. The lowest BCUT2D eigenvalue weighted by Gasteiger charge is -2.13. The molecule has 0 radical (unpaired) electrons. The first-order chi connectivity index (χ1) is 26.2. The van der Waals surface area contributed by atoms with E-state index < -0.39 is 0 Å². The Labute approximate surface area is 308 Å². The molecule has 248 valence electrons. The van der Waals surface area contributed by atoms with Crippen LogP contribution in [0.2, 0.25) is 0 Å². The number of oxazole rings is 1. The molecular weight excluding hydrogens is 667 g/mol. The summed E-state index contributed by atoms with van der Waals surface area (Å²) in [4.78, 5) is 9.62. The average molecular weight is 696 g/mol. The summed E-state index contributed by atoms with van der Waals surface area (Å²) < 4.78 is 9.72. The van der Waals surface area contributed by atoms with Crippen LogP contribution in [0, 0.1) is 0 Å². The number of rotatable bonds is 5. The lowest BCUT2D eigenvalue weighted by Crippen LogP contribution is -1.94. The summed E-state index contributed by atoms with van der Waals surface area (Å²) in [7, 11) is 0. The second-order valence-electron chi connectivity index (χ2n) is 13.4. The van der Waals surface area contributed by atoms with E-state index in [0.717, 1.165) is 44.0 Å². The average Bonchev–Trinajstić information content (AvgIpc) is 3.95. The fourth-order valence-electron chi connectivity index (χ4n) is 7.73. The topological polar surface area (TPSA) is 43.9 Å². The fourth-order valence-corrected chi connectivity index (χ4v) is 8.70. The zero-order valence-corrected chi connectivity index (χ0v) is 29.2. The van der Waals surface area contributed by atoms with Crippen LogP contribution in [0.15, 0.2) is 180 Å². The third-order valence-electron chi connectivity index (χ3n) is 10.3. The lowest BCUT2D eigenvalue weighted by molar-refractivity contribution is 0.620. The molecule has 53 heavy (non-hydrogen) atoms. The highest BCUT2D eigenvalue weighted by atomic mass is 32.1. The van der Waals surface area contributed by atoms with Gasteiger partial charge >= 0.3 is 0 Å². The smallest absolute Gasteiger partial charge is 0.227 e. The first-order valence-corrected chi connectivity index (χ1v) is 18.5. The quantitative estimate of drug-likeness (QED) is 0.180. The van der Waals surface area contributed by atoms with Crippen LogP contribution < -0.4 is 0 Å². The third kappa shape index (κ3) is 4.90. The number of aromatic nitrogens is 3. The van der Waals surface area contributed by atoms with E-state index in [-0.39, 0.29) is 0 Å². The molecule has 0 aliphatic rings. The molecule has 4 nitrogen and oxygen atoms in total. The predicted octanol–water partition coefficient (Wildman–Crippen LogP) is 13.4. The van der Waals surface area contributed by atoms with Crippen LogP contribution in [-0.4, -0.2) is 14.5 Å². The number of nitrogens with zero attached hydrogens (tertiary/aromatic N) is 3. The van der Waals surface area contributed by atoms with Gasteiger partial charge in [0.1, 0.15) is 10.5 Å². The number of hydrogen-bond donors (Lipinski definition) is 0. The van der Waals surface area contributed by atoms with E-state index >= 15 is 0 Å². The molecular formula is C48H29N3OS. The molecule has 0 saturated heterocycles. The van der Waals surface area contributed by atoms with Gasteiger partial charge in [-0.3, -0.25) is 0 Å². The molecule has 0 atom stereocenters. The van der Waals surface area contributed by atoms with Crippen molar-refractivity contribution in [1.82, 2.24) is 14.5 Å². The highest BCUT2D eigenvalue weighted by molar-refractivity contribution is 7.21. The zero-order chi connectivity index (χ0) is 34.9. The van der Waals surface area contributed by atoms with Crippen molar-refractivity contribution in [1.29, 1.82) is 0 Å². The van der Waals surface area contributed by atoms with Crippen LogP contribution in [0.1, 0.15) is 0 Å². The van der Waals surface area contributed by atoms with Gasteiger partial charge in [-0.2, -0.15) is 0 Å². The molecule has 0 N–H and O–H groups in total. The van der Waals surface area contributed by atoms with Gasteiger partial charge in [0, 0.05) is 33.0 Å². The summed E-state index contributed by atoms with van der Waals surface area (Å²) in [5, 5.41) is 5.89. The van der Waals surface area contributed by atoms with Crippen molar-refractivity contribution in [3.63, 3.8) is 0 Å². The van der Waals surface area contributed by atoms with Crippen LogP contribution in [0.3, 0.4) is 0 Å². The SMILES string of the molecule is c1ccc(-n2c3ccc(-c4ccc(-c5nc6ccccc6s5)cc4)cc3c3cc(-c4ccc(-c5nc6ccccc6o5)cc4)c4ccccc4c32)cc1. The molecule has 0 amide bonds. The van der Waals surface area contributed by atoms with E-state index in [2.05, 4.69) is 150 Å². The Hall–Kier alpha value is -6.82.